The van der Waals surface area contributed by atoms with Crippen LogP contribution >= 0.6 is 0 Å². The minimum Gasteiger partial charge on any atom is -0.493 e. The Hall–Kier alpha value is -3.02. The molecule has 0 radical (unpaired) electrons. The molecule has 6 nitrogen and oxygen atoms in total. The number of hydrogen-bond donors (Lipinski definition) is 2. The van der Waals surface area contributed by atoms with Crippen LogP contribution in [0.25, 0.3) is 0 Å². The van der Waals surface area contributed by atoms with Crippen LogP contribution in [0.1, 0.15) is 28.8 Å². The van der Waals surface area contributed by atoms with Crippen molar-refractivity contribution in [3.8, 4) is 11.5 Å². The second kappa shape index (κ2) is 7.25. The number of carbonyl (C=O) groups excluding carboxylic acids is 2. The molecular formula is C19H20N2O4. The van der Waals surface area contributed by atoms with E-state index in [4.69, 9.17) is 9.47 Å². The van der Waals surface area contributed by atoms with Crippen molar-refractivity contribution in [2.24, 2.45) is 0 Å². The summed E-state index contributed by atoms with van der Waals surface area (Å²) < 4.78 is 10.5. The summed E-state index contributed by atoms with van der Waals surface area (Å²) in [4.78, 5) is 24.3. The van der Waals surface area contributed by atoms with Gasteiger partial charge in [-0.2, -0.15) is 0 Å². The Morgan fingerprint density at radius 3 is 2.72 bits per heavy atom. The number of anilines is 2. The van der Waals surface area contributed by atoms with Crippen LogP contribution in [-0.4, -0.2) is 26.0 Å². The summed E-state index contributed by atoms with van der Waals surface area (Å²) in [6, 6.07) is 10.6. The Morgan fingerprint density at radius 2 is 1.96 bits per heavy atom. The zero-order chi connectivity index (χ0) is 17.8. The fourth-order valence-electron chi connectivity index (χ4n) is 2.92. The van der Waals surface area contributed by atoms with E-state index >= 15 is 0 Å². The number of aryl methyl sites for hydroxylation is 1. The maximum atomic E-state index is 12.6. The molecule has 2 amide bonds. The quantitative estimate of drug-likeness (QED) is 0.896. The summed E-state index contributed by atoms with van der Waals surface area (Å²) in [6.07, 6.45) is 2.09. The first-order chi connectivity index (χ1) is 12.1. The number of fused-ring (bicyclic) bond motifs is 1. The molecule has 0 fully saturated rings. The van der Waals surface area contributed by atoms with E-state index in [1.165, 1.54) is 14.2 Å². The molecule has 130 valence electrons. The van der Waals surface area contributed by atoms with Crippen LogP contribution in [0, 0.1) is 0 Å². The number of amides is 2. The highest BCUT2D eigenvalue weighted by atomic mass is 16.5. The maximum absolute atomic E-state index is 12.6. The van der Waals surface area contributed by atoms with Crippen LogP contribution < -0.4 is 20.1 Å². The summed E-state index contributed by atoms with van der Waals surface area (Å²) in [5.41, 5.74) is 2.88. The largest absolute Gasteiger partial charge is 0.493 e. The molecule has 0 spiro atoms. The third-order valence-corrected chi connectivity index (χ3v) is 4.13. The van der Waals surface area contributed by atoms with Crippen molar-refractivity contribution >= 4 is 23.2 Å². The van der Waals surface area contributed by atoms with Crippen molar-refractivity contribution < 1.29 is 19.1 Å². The first-order valence-electron chi connectivity index (χ1n) is 8.07. The number of para-hydroxylation sites is 1. The molecule has 2 aromatic carbocycles. The van der Waals surface area contributed by atoms with E-state index in [1.54, 1.807) is 24.3 Å². The average molecular weight is 340 g/mol. The maximum Gasteiger partial charge on any atom is 0.259 e. The number of ether oxygens (including phenoxy) is 2. The van der Waals surface area contributed by atoms with Gasteiger partial charge in [0, 0.05) is 17.8 Å². The number of carbonyl (C=O) groups is 2. The van der Waals surface area contributed by atoms with Crippen molar-refractivity contribution in [3.63, 3.8) is 0 Å². The van der Waals surface area contributed by atoms with E-state index in [2.05, 4.69) is 10.6 Å². The fraction of sp³-hybridized carbons (Fsp3) is 0.263. The van der Waals surface area contributed by atoms with E-state index in [1.807, 2.05) is 12.1 Å². The number of hydrogen-bond acceptors (Lipinski definition) is 4. The monoisotopic (exact) mass is 340 g/mol. The van der Waals surface area contributed by atoms with Gasteiger partial charge in [-0.25, -0.2) is 0 Å². The van der Waals surface area contributed by atoms with Crippen LogP contribution in [0.4, 0.5) is 11.4 Å². The molecule has 3 rings (SSSR count). The van der Waals surface area contributed by atoms with Gasteiger partial charge in [0.2, 0.25) is 5.91 Å². The van der Waals surface area contributed by atoms with Crippen molar-refractivity contribution in [2.75, 3.05) is 24.9 Å². The van der Waals surface area contributed by atoms with Gasteiger partial charge in [-0.05, 0) is 48.7 Å². The van der Waals surface area contributed by atoms with E-state index in [9.17, 15) is 9.59 Å². The summed E-state index contributed by atoms with van der Waals surface area (Å²) >= 11 is 0. The van der Waals surface area contributed by atoms with Crippen LogP contribution in [0.15, 0.2) is 36.4 Å². The molecule has 2 aromatic rings. The third-order valence-electron chi connectivity index (χ3n) is 4.13. The van der Waals surface area contributed by atoms with Gasteiger partial charge < -0.3 is 20.1 Å². The van der Waals surface area contributed by atoms with Crippen LogP contribution in [0.2, 0.25) is 0 Å². The lowest BCUT2D eigenvalue weighted by Crippen LogP contribution is -2.14. The lowest BCUT2D eigenvalue weighted by Gasteiger charge is -2.14. The molecule has 0 saturated carbocycles. The lowest BCUT2D eigenvalue weighted by molar-refractivity contribution is -0.116. The average Bonchev–Trinajstić information content (AvgIpc) is 2.81. The minimum atomic E-state index is -0.284. The van der Waals surface area contributed by atoms with Gasteiger partial charge in [0.1, 0.15) is 0 Å². The molecule has 6 heteroatoms. The Labute approximate surface area is 146 Å². The van der Waals surface area contributed by atoms with Gasteiger partial charge in [-0.1, -0.05) is 6.07 Å². The zero-order valence-corrected chi connectivity index (χ0v) is 14.2. The van der Waals surface area contributed by atoms with Crippen molar-refractivity contribution in [2.45, 2.75) is 19.3 Å². The smallest absolute Gasteiger partial charge is 0.259 e. The Balaban J connectivity index is 1.85. The zero-order valence-electron chi connectivity index (χ0n) is 14.2. The summed E-state index contributed by atoms with van der Waals surface area (Å²) in [7, 11) is 3.03. The fourth-order valence-corrected chi connectivity index (χ4v) is 2.92. The predicted octanol–water partition coefficient (Wildman–Crippen LogP) is 3.23. The van der Waals surface area contributed by atoms with Crippen molar-refractivity contribution in [1.82, 2.24) is 0 Å². The highest BCUT2D eigenvalue weighted by Gasteiger charge is 2.18. The molecule has 0 atom stereocenters. The van der Waals surface area contributed by atoms with E-state index in [-0.39, 0.29) is 11.8 Å². The van der Waals surface area contributed by atoms with Gasteiger partial charge in [-0.3, -0.25) is 9.59 Å². The Morgan fingerprint density at radius 1 is 1.12 bits per heavy atom. The summed E-state index contributed by atoms with van der Waals surface area (Å²) in [5.74, 6) is 0.634. The molecular weight excluding hydrogens is 320 g/mol. The highest BCUT2D eigenvalue weighted by Crippen LogP contribution is 2.31. The molecule has 0 aromatic heterocycles. The molecule has 0 aliphatic carbocycles. The lowest BCUT2D eigenvalue weighted by atomic mass is 10.1. The second-order valence-corrected chi connectivity index (χ2v) is 5.77. The molecule has 0 bridgehead atoms. The van der Waals surface area contributed by atoms with Gasteiger partial charge >= 0.3 is 0 Å². The molecule has 0 unspecified atom stereocenters. The standard InChI is InChI=1S/C19H20N2O4/c1-24-16-7-4-6-14(18(16)25-2)19(23)20-13-9-10-15-12(11-13)5-3-8-17(22)21-15/h4,6-7,9-11H,3,5,8H2,1-2H3,(H,20,23)(H,21,22). The highest BCUT2D eigenvalue weighted by molar-refractivity contribution is 6.07. The molecule has 25 heavy (non-hydrogen) atoms. The molecule has 2 N–H and O–H groups in total. The summed E-state index contributed by atoms with van der Waals surface area (Å²) in [6.45, 7) is 0. The van der Waals surface area contributed by atoms with Crippen LogP contribution in [-0.2, 0) is 11.2 Å². The van der Waals surface area contributed by atoms with Crippen LogP contribution in [0.5, 0.6) is 11.5 Å². The number of rotatable bonds is 4. The number of nitrogens with one attached hydrogen (secondary N) is 2. The number of methoxy groups -OCH3 is 2. The SMILES string of the molecule is COc1cccc(C(=O)Nc2ccc3c(c2)CCCC(=O)N3)c1OC. The first kappa shape index (κ1) is 16.8. The Bertz CT molecular complexity index is 817. The Kier molecular flexibility index (Phi) is 4.88. The molecule has 1 aliphatic heterocycles. The van der Waals surface area contributed by atoms with Crippen LogP contribution in [0.3, 0.4) is 0 Å². The van der Waals surface area contributed by atoms with E-state index < -0.39 is 0 Å². The molecule has 0 saturated heterocycles. The molecule has 1 heterocycles. The van der Waals surface area contributed by atoms with Gasteiger partial charge in [0.25, 0.3) is 5.91 Å². The van der Waals surface area contributed by atoms with Crippen molar-refractivity contribution in [1.29, 1.82) is 0 Å². The number of benzene rings is 2. The molecule has 1 aliphatic rings. The third kappa shape index (κ3) is 3.57. The minimum absolute atomic E-state index is 0.0247. The predicted molar refractivity (Wildman–Crippen MR) is 95.5 cm³/mol. The summed E-state index contributed by atoms with van der Waals surface area (Å²) in [5, 5.41) is 5.76. The topological polar surface area (TPSA) is 76.7 Å². The van der Waals surface area contributed by atoms with E-state index in [0.29, 0.717) is 29.2 Å². The normalized spacial score (nSPS) is 13.3. The first-order valence-corrected chi connectivity index (χ1v) is 8.07. The second-order valence-electron chi connectivity index (χ2n) is 5.77. The van der Waals surface area contributed by atoms with Crippen molar-refractivity contribution in [3.05, 3.63) is 47.5 Å². The van der Waals surface area contributed by atoms with Gasteiger partial charge in [0.15, 0.2) is 11.5 Å². The van der Waals surface area contributed by atoms with E-state index in [0.717, 1.165) is 24.1 Å². The van der Waals surface area contributed by atoms with Gasteiger partial charge in [-0.15, -0.1) is 0 Å². The van der Waals surface area contributed by atoms with Gasteiger partial charge in [0.05, 0.1) is 19.8 Å².